The number of hydrogen-bond acceptors (Lipinski definition) is 5. The summed E-state index contributed by atoms with van der Waals surface area (Å²) < 4.78 is 16.5. The molecule has 24 heavy (non-hydrogen) atoms. The molecule has 2 rings (SSSR count). The third kappa shape index (κ3) is 3.68. The Labute approximate surface area is 145 Å². The van der Waals surface area contributed by atoms with Gasteiger partial charge in [-0.1, -0.05) is 18.6 Å². The van der Waals surface area contributed by atoms with Gasteiger partial charge >= 0.3 is 5.97 Å². The monoisotopic (exact) mass is 340 g/mol. The average Bonchev–Trinajstić information content (AvgIpc) is 2.90. The molecule has 0 amide bonds. The third-order valence-electron chi connectivity index (χ3n) is 5.68. The minimum Gasteiger partial charge on any atom is -0.462 e. The Hall–Kier alpha value is -0.910. The summed E-state index contributed by atoms with van der Waals surface area (Å²) in [5.74, 6) is -0.0205. The molecular weight excluding hydrogens is 308 g/mol. The van der Waals surface area contributed by atoms with Gasteiger partial charge in [0.2, 0.25) is 0 Å². The molecule has 0 aromatic rings. The van der Waals surface area contributed by atoms with Crippen molar-refractivity contribution in [2.75, 3.05) is 13.9 Å². The summed E-state index contributed by atoms with van der Waals surface area (Å²) in [6, 6.07) is 0. The van der Waals surface area contributed by atoms with E-state index in [1.54, 1.807) is 7.11 Å². The predicted octanol–water partition coefficient (Wildman–Crippen LogP) is 3.06. The fourth-order valence-electron chi connectivity index (χ4n) is 4.11. The van der Waals surface area contributed by atoms with Crippen LogP contribution in [0.15, 0.2) is 11.6 Å². The summed E-state index contributed by atoms with van der Waals surface area (Å²) in [5.41, 5.74) is 0.605. The van der Waals surface area contributed by atoms with Gasteiger partial charge in [0.25, 0.3) is 0 Å². The van der Waals surface area contributed by atoms with Crippen molar-refractivity contribution in [1.82, 2.24) is 0 Å². The average molecular weight is 340 g/mol. The molecule has 5 atom stereocenters. The molecule has 1 N–H and O–H groups in total. The second-order valence-corrected chi connectivity index (χ2v) is 8.34. The van der Waals surface area contributed by atoms with Crippen molar-refractivity contribution in [1.29, 1.82) is 0 Å². The summed E-state index contributed by atoms with van der Waals surface area (Å²) in [4.78, 5) is 12.2. The zero-order valence-corrected chi connectivity index (χ0v) is 15.8. The zero-order valence-electron chi connectivity index (χ0n) is 15.8. The van der Waals surface area contributed by atoms with Gasteiger partial charge in [0.15, 0.2) is 0 Å². The minimum atomic E-state index is -0.628. The lowest BCUT2D eigenvalue weighted by molar-refractivity contribution is -0.160. The van der Waals surface area contributed by atoms with Gasteiger partial charge in [-0.15, -0.1) is 0 Å². The normalized spacial score (nSPS) is 36.7. The number of esters is 1. The van der Waals surface area contributed by atoms with Crippen LogP contribution in [0.2, 0.25) is 0 Å². The van der Waals surface area contributed by atoms with Crippen LogP contribution in [0.3, 0.4) is 0 Å². The Morgan fingerprint density at radius 2 is 2.08 bits per heavy atom. The van der Waals surface area contributed by atoms with Crippen molar-refractivity contribution in [3.63, 3.8) is 0 Å². The van der Waals surface area contributed by atoms with Crippen molar-refractivity contribution in [2.45, 2.75) is 72.2 Å². The highest BCUT2D eigenvalue weighted by atomic mass is 16.7. The van der Waals surface area contributed by atoms with E-state index in [4.69, 9.17) is 14.2 Å². The van der Waals surface area contributed by atoms with Crippen molar-refractivity contribution >= 4 is 5.97 Å². The van der Waals surface area contributed by atoms with E-state index >= 15 is 0 Å². The molecular formula is C19H32O5. The molecule has 0 aromatic carbocycles. The summed E-state index contributed by atoms with van der Waals surface area (Å²) in [6.07, 6.45) is 3.48. The topological polar surface area (TPSA) is 65.0 Å². The van der Waals surface area contributed by atoms with Crippen molar-refractivity contribution in [3.8, 4) is 0 Å². The van der Waals surface area contributed by atoms with Crippen LogP contribution in [-0.4, -0.2) is 43.3 Å². The molecule has 1 fully saturated rings. The lowest BCUT2D eigenvalue weighted by Crippen LogP contribution is -2.47. The second-order valence-electron chi connectivity index (χ2n) is 8.34. The van der Waals surface area contributed by atoms with Crippen LogP contribution in [0, 0.1) is 16.7 Å². The third-order valence-corrected chi connectivity index (χ3v) is 5.68. The van der Waals surface area contributed by atoms with Gasteiger partial charge in [0.05, 0.1) is 17.6 Å². The van der Waals surface area contributed by atoms with Gasteiger partial charge in [-0.25, -0.2) is 0 Å². The molecule has 2 aliphatic carbocycles. The number of aliphatic hydroxyl groups is 1. The van der Waals surface area contributed by atoms with E-state index in [0.717, 1.165) is 19.3 Å². The lowest BCUT2D eigenvalue weighted by atomic mass is 9.63. The first-order valence-corrected chi connectivity index (χ1v) is 8.80. The molecule has 0 radical (unpaired) electrons. The number of ether oxygens (including phenoxy) is 3. The Bertz CT molecular complexity index is 492. The lowest BCUT2D eigenvalue weighted by Gasteiger charge is -2.46. The number of carbonyl (C=O) groups is 1. The van der Waals surface area contributed by atoms with Crippen LogP contribution >= 0.6 is 0 Å². The van der Waals surface area contributed by atoms with Crippen molar-refractivity contribution in [3.05, 3.63) is 11.6 Å². The number of carbonyl (C=O) groups excluding carboxylic acids is 1. The van der Waals surface area contributed by atoms with E-state index in [-0.39, 0.29) is 36.3 Å². The summed E-state index contributed by atoms with van der Waals surface area (Å²) in [6.45, 7) is 9.98. The summed E-state index contributed by atoms with van der Waals surface area (Å²) in [7, 11) is 1.58. The first-order chi connectivity index (χ1) is 11.1. The second kappa shape index (κ2) is 7.14. The van der Waals surface area contributed by atoms with E-state index in [1.807, 2.05) is 26.8 Å². The van der Waals surface area contributed by atoms with E-state index in [2.05, 4.69) is 13.8 Å². The number of rotatable bonds is 4. The molecule has 5 nitrogen and oxygen atoms in total. The highest BCUT2D eigenvalue weighted by molar-refractivity contribution is 5.75. The zero-order chi connectivity index (χ0) is 18.1. The van der Waals surface area contributed by atoms with Gasteiger partial charge in [0.1, 0.15) is 12.9 Å². The van der Waals surface area contributed by atoms with Crippen LogP contribution in [0.5, 0.6) is 0 Å². The van der Waals surface area contributed by atoms with E-state index < -0.39 is 11.5 Å². The number of hydrogen-bond donors (Lipinski definition) is 1. The SMILES string of the molecule is COCO[C@@H]1[C@@H](O)C=C(C)[C@@]2(CC[C@@H](OC(=O)C(C)(C)C)C2)[C@H]1C. The maximum Gasteiger partial charge on any atom is 0.311 e. The van der Waals surface area contributed by atoms with E-state index in [1.165, 1.54) is 5.57 Å². The minimum absolute atomic E-state index is 0.0687. The van der Waals surface area contributed by atoms with Gasteiger partial charge in [-0.3, -0.25) is 4.79 Å². The maximum absolute atomic E-state index is 12.2. The highest BCUT2D eigenvalue weighted by Gasteiger charge is 2.52. The Morgan fingerprint density at radius 3 is 2.67 bits per heavy atom. The Morgan fingerprint density at radius 1 is 1.42 bits per heavy atom. The standard InChI is InChI=1S/C19H32O5/c1-12-9-15(20)16(23-11-22-6)13(2)19(12)8-7-14(10-19)24-17(21)18(3,4)5/h9,13-16,20H,7-8,10-11H2,1-6H3/t13-,14+,15-,16-,19-/m0/s1. The smallest absolute Gasteiger partial charge is 0.311 e. The Kier molecular flexibility index (Phi) is 5.78. The summed E-state index contributed by atoms with van der Waals surface area (Å²) in [5, 5.41) is 10.4. The molecule has 0 bridgehead atoms. The van der Waals surface area contributed by atoms with E-state index in [0.29, 0.717) is 0 Å². The van der Waals surface area contributed by atoms with Gasteiger partial charge in [-0.05, 0) is 58.3 Å². The molecule has 2 aliphatic rings. The van der Waals surface area contributed by atoms with Crippen LogP contribution in [0.4, 0.5) is 0 Å². The predicted molar refractivity (Wildman–Crippen MR) is 91.3 cm³/mol. The number of allylic oxidation sites excluding steroid dienone is 1. The largest absolute Gasteiger partial charge is 0.462 e. The van der Waals surface area contributed by atoms with Crippen LogP contribution in [-0.2, 0) is 19.0 Å². The highest BCUT2D eigenvalue weighted by Crippen LogP contribution is 2.54. The molecule has 0 aliphatic heterocycles. The number of methoxy groups -OCH3 is 1. The molecule has 1 saturated carbocycles. The molecule has 138 valence electrons. The molecule has 0 unspecified atom stereocenters. The van der Waals surface area contributed by atoms with Gasteiger partial charge in [-0.2, -0.15) is 0 Å². The molecule has 0 aromatic heterocycles. The van der Waals surface area contributed by atoms with E-state index in [9.17, 15) is 9.90 Å². The molecule has 5 heteroatoms. The molecule has 0 heterocycles. The fourth-order valence-corrected chi connectivity index (χ4v) is 4.11. The first-order valence-electron chi connectivity index (χ1n) is 8.80. The van der Waals surface area contributed by atoms with Crippen LogP contribution in [0.25, 0.3) is 0 Å². The van der Waals surface area contributed by atoms with Crippen LogP contribution < -0.4 is 0 Å². The Balaban J connectivity index is 2.14. The van der Waals surface area contributed by atoms with Gasteiger partial charge in [0, 0.05) is 7.11 Å². The first kappa shape index (κ1) is 19.4. The molecule has 1 spiro atoms. The number of aliphatic hydroxyl groups excluding tert-OH is 1. The van der Waals surface area contributed by atoms with Gasteiger partial charge < -0.3 is 19.3 Å². The quantitative estimate of drug-likeness (QED) is 0.484. The van der Waals surface area contributed by atoms with Crippen LogP contribution in [0.1, 0.15) is 53.9 Å². The summed E-state index contributed by atoms with van der Waals surface area (Å²) >= 11 is 0. The fraction of sp³-hybridized carbons (Fsp3) is 0.842. The molecule has 0 saturated heterocycles. The van der Waals surface area contributed by atoms with Crippen molar-refractivity contribution < 1.29 is 24.1 Å². The van der Waals surface area contributed by atoms with Crippen molar-refractivity contribution in [2.24, 2.45) is 16.7 Å². The maximum atomic E-state index is 12.2.